The molecule has 1 aromatic carbocycles. The summed E-state index contributed by atoms with van der Waals surface area (Å²) < 4.78 is 7.71. The van der Waals surface area contributed by atoms with Crippen molar-refractivity contribution in [1.29, 1.82) is 0 Å². The molecule has 0 bridgehead atoms. The molecular formula is C19H20Cl2N4O2. The van der Waals surface area contributed by atoms with E-state index >= 15 is 0 Å². The van der Waals surface area contributed by atoms with Crippen LogP contribution in [0.2, 0.25) is 10.0 Å². The van der Waals surface area contributed by atoms with E-state index in [1.165, 1.54) is 12.8 Å². The number of rotatable bonds is 5. The molecule has 6 nitrogen and oxygen atoms in total. The van der Waals surface area contributed by atoms with Crippen molar-refractivity contribution in [2.75, 3.05) is 0 Å². The van der Waals surface area contributed by atoms with Crippen LogP contribution in [0.4, 0.5) is 0 Å². The first-order valence-electron chi connectivity index (χ1n) is 9.20. The van der Waals surface area contributed by atoms with Gasteiger partial charge in [-0.15, -0.1) is 0 Å². The van der Waals surface area contributed by atoms with Gasteiger partial charge >= 0.3 is 11.6 Å². The first-order chi connectivity index (χ1) is 13.1. The van der Waals surface area contributed by atoms with Gasteiger partial charge in [0.15, 0.2) is 11.2 Å². The lowest BCUT2D eigenvalue weighted by atomic mass is 10.1. The molecule has 8 heteroatoms. The van der Waals surface area contributed by atoms with Crippen LogP contribution in [0.5, 0.6) is 11.8 Å². The van der Waals surface area contributed by atoms with Crippen molar-refractivity contribution >= 4 is 34.4 Å². The third-order valence-electron chi connectivity index (χ3n) is 4.88. The van der Waals surface area contributed by atoms with Gasteiger partial charge in [-0.1, -0.05) is 43.0 Å². The van der Waals surface area contributed by atoms with Crippen molar-refractivity contribution in [3.05, 3.63) is 44.4 Å². The molecule has 2 heterocycles. The molecule has 4 rings (SSSR count). The molecule has 1 aliphatic rings. The number of hydrogen-bond acceptors (Lipinski definition) is 4. The minimum absolute atomic E-state index is 0.183. The fraction of sp³-hybridized carbons (Fsp3) is 0.421. The molecule has 0 spiro atoms. The molecule has 2 aromatic heterocycles. The van der Waals surface area contributed by atoms with E-state index in [-0.39, 0.29) is 11.6 Å². The van der Waals surface area contributed by atoms with Gasteiger partial charge in [-0.25, -0.2) is 4.98 Å². The molecule has 0 saturated heterocycles. The highest BCUT2D eigenvalue weighted by molar-refractivity contribution is 6.35. The highest BCUT2D eigenvalue weighted by Gasteiger charge is 2.23. The maximum absolute atomic E-state index is 12.6. The number of nitrogens with zero attached hydrogens (tertiary/aromatic N) is 3. The summed E-state index contributed by atoms with van der Waals surface area (Å²) in [5.74, 6) is 1.64. The van der Waals surface area contributed by atoms with Crippen LogP contribution in [-0.4, -0.2) is 19.5 Å². The predicted molar refractivity (Wildman–Crippen MR) is 106 cm³/mol. The fourth-order valence-corrected chi connectivity index (χ4v) is 4.02. The molecule has 0 atom stereocenters. The van der Waals surface area contributed by atoms with Gasteiger partial charge in [-0.3, -0.25) is 9.36 Å². The minimum Gasteiger partial charge on any atom is -0.424 e. The molecule has 0 amide bonds. The van der Waals surface area contributed by atoms with Crippen LogP contribution in [-0.2, 0) is 6.54 Å². The Bertz CT molecular complexity index is 1040. The Morgan fingerprint density at radius 3 is 2.74 bits per heavy atom. The molecule has 0 unspecified atom stereocenters. The Morgan fingerprint density at radius 1 is 1.26 bits per heavy atom. The van der Waals surface area contributed by atoms with E-state index in [4.69, 9.17) is 32.9 Å². The number of halogens is 2. The Morgan fingerprint density at radius 2 is 2.04 bits per heavy atom. The topological polar surface area (TPSA) is 72.8 Å². The van der Waals surface area contributed by atoms with Crippen LogP contribution in [0.25, 0.3) is 11.2 Å². The van der Waals surface area contributed by atoms with Crippen LogP contribution >= 0.6 is 23.2 Å². The predicted octanol–water partition coefficient (Wildman–Crippen LogP) is 5.29. The Balaban J connectivity index is 1.81. The summed E-state index contributed by atoms with van der Waals surface area (Å²) in [5, 5.41) is 0.865. The van der Waals surface area contributed by atoms with E-state index in [0.717, 1.165) is 25.1 Å². The van der Waals surface area contributed by atoms with E-state index < -0.39 is 0 Å². The van der Waals surface area contributed by atoms with E-state index in [0.29, 0.717) is 39.4 Å². The summed E-state index contributed by atoms with van der Waals surface area (Å²) in [6.45, 7) is 2.67. The van der Waals surface area contributed by atoms with Gasteiger partial charge in [-0.2, -0.15) is 4.98 Å². The Kier molecular flexibility index (Phi) is 5.10. The zero-order valence-electron chi connectivity index (χ0n) is 15.0. The SMILES string of the molecule is CCCn1c(Oc2ccc(Cl)cc2Cl)nc(=O)c2[nH]c(C3CCCC3)nc21. The average molecular weight is 407 g/mol. The van der Waals surface area contributed by atoms with Crippen molar-refractivity contribution in [2.45, 2.75) is 51.5 Å². The second kappa shape index (κ2) is 7.52. The van der Waals surface area contributed by atoms with Crippen molar-refractivity contribution in [1.82, 2.24) is 19.5 Å². The van der Waals surface area contributed by atoms with Crippen LogP contribution in [0.15, 0.2) is 23.0 Å². The van der Waals surface area contributed by atoms with Crippen LogP contribution in [0.1, 0.15) is 50.8 Å². The third-order valence-corrected chi connectivity index (χ3v) is 5.42. The number of imidazole rings is 1. The van der Waals surface area contributed by atoms with Crippen LogP contribution in [0, 0.1) is 0 Å². The number of aromatic amines is 1. The van der Waals surface area contributed by atoms with Crippen LogP contribution in [0.3, 0.4) is 0 Å². The van der Waals surface area contributed by atoms with Crippen molar-refractivity contribution < 1.29 is 4.74 Å². The lowest BCUT2D eigenvalue weighted by Crippen LogP contribution is -2.16. The smallest absolute Gasteiger partial charge is 0.307 e. The quantitative estimate of drug-likeness (QED) is 0.624. The molecule has 0 radical (unpaired) electrons. The largest absolute Gasteiger partial charge is 0.424 e. The Labute approximate surface area is 166 Å². The number of aromatic nitrogens is 4. The third kappa shape index (κ3) is 3.56. The molecule has 1 fully saturated rings. The lowest BCUT2D eigenvalue weighted by Gasteiger charge is -2.13. The van der Waals surface area contributed by atoms with Gasteiger partial charge < -0.3 is 9.72 Å². The van der Waals surface area contributed by atoms with Crippen molar-refractivity contribution in [2.24, 2.45) is 0 Å². The van der Waals surface area contributed by atoms with Crippen LogP contribution < -0.4 is 10.3 Å². The van der Waals surface area contributed by atoms with Gasteiger partial charge in [0.05, 0.1) is 5.02 Å². The molecule has 1 aliphatic carbocycles. The number of nitrogens with one attached hydrogen (secondary N) is 1. The molecule has 27 heavy (non-hydrogen) atoms. The molecule has 3 aromatic rings. The van der Waals surface area contributed by atoms with E-state index in [2.05, 4.69) is 9.97 Å². The molecule has 142 valence electrons. The summed E-state index contributed by atoms with van der Waals surface area (Å²) in [6.07, 6.45) is 5.43. The van der Waals surface area contributed by atoms with E-state index in [1.54, 1.807) is 18.2 Å². The number of hydrogen-bond donors (Lipinski definition) is 1. The molecule has 0 aliphatic heterocycles. The highest BCUT2D eigenvalue weighted by atomic mass is 35.5. The van der Waals surface area contributed by atoms with Crippen molar-refractivity contribution in [3.8, 4) is 11.8 Å². The maximum Gasteiger partial charge on any atom is 0.307 e. The highest BCUT2D eigenvalue weighted by Crippen LogP contribution is 2.34. The number of aryl methyl sites for hydroxylation is 1. The molecular weight excluding hydrogens is 387 g/mol. The van der Waals surface area contributed by atoms with Gasteiger partial charge in [-0.05, 0) is 37.5 Å². The van der Waals surface area contributed by atoms with E-state index in [9.17, 15) is 4.79 Å². The number of H-pyrrole nitrogens is 1. The monoisotopic (exact) mass is 406 g/mol. The zero-order valence-corrected chi connectivity index (χ0v) is 16.5. The van der Waals surface area contributed by atoms with Gasteiger partial charge in [0.1, 0.15) is 11.6 Å². The second-order valence-electron chi connectivity index (χ2n) is 6.83. The fourth-order valence-electron chi connectivity index (χ4n) is 3.57. The zero-order chi connectivity index (χ0) is 19.0. The first-order valence-corrected chi connectivity index (χ1v) is 9.95. The minimum atomic E-state index is -0.380. The summed E-state index contributed by atoms with van der Waals surface area (Å²) in [6, 6.07) is 5.11. The van der Waals surface area contributed by atoms with Gasteiger partial charge in [0.25, 0.3) is 0 Å². The first kappa shape index (κ1) is 18.3. The normalized spacial score (nSPS) is 14.9. The average Bonchev–Trinajstić information content (AvgIpc) is 3.30. The summed E-state index contributed by atoms with van der Waals surface area (Å²) in [7, 11) is 0. The molecule has 1 N–H and O–H groups in total. The summed E-state index contributed by atoms with van der Waals surface area (Å²) in [4.78, 5) is 24.7. The summed E-state index contributed by atoms with van der Waals surface area (Å²) in [5.41, 5.74) is 0.632. The Hall–Kier alpha value is -2.05. The molecule has 1 saturated carbocycles. The van der Waals surface area contributed by atoms with Gasteiger partial charge in [0, 0.05) is 17.5 Å². The van der Waals surface area contributed by atoms with Crippen molar-refractivity contribution in [3.63, 3.8) is 0 Å². The number of benzene rings is 1. The number of fused-ring (bicyclic) bond motifs is 1. The lowest BCUT2D eigenvalue weighted by molar-refractivity contribution is 0.404. The number of ether oxygens (including phenoxy) is 1. The standard InChI is InChI=1S/C19H20Cl2N4O2/c1-2-9-25-17-15(22-16(23-17)11-5-3-4-6-11)18(26)24-19(25)27-14-8-7-12(20)10-13(14)21/h7-8,10-11H,2-6,9H2,1H3,(H,22,23). The van der Waals surface area contributed by atoms with Gasteiger partial charge in [0.2, 0.25) is 0 Å². The second-order valence-corrected chi connectivity index (χ2v) is 7.67. The maximum atomic E-state index is 12.6. The summed E-state index contributed by atoms with van der Waals surface area (Å²) >= 11 is 12.2. The van der Waals surface area contributed by atoms with E-state index in [1.807, 2.05) is 11.5 Å².